The highest BCUT2D eigenvalue weighted by Crippen LogP contribution is 2.40. The van der Waals surface area contributed by atoms with Gasteiger partial charge in [-0.25, -0.2) is 4.98 Å². The zero-order valence-electron chi connectivity index (χ0n) is 12.2. The molecule has 1 aromatic heterocycles. The van der Waals surface area contributed by atoms with E-state index in [-0.39, 0.29) is 0 Å². The van der Waals surface area contributed by atoms with Gasteiger partial charge in [0.2, 0.25) is 0 Å². The summed E-state index contributed by atoms with van der Waals surface area (Å²) in [5.74, 6) is 1.29. The van der Waals surface area contributed by atoms with Gasteiger partial charge >= 0.3 is 0 Å². The van der Waals surface area contributed by atoms with Crippen molar-refractivity contribution < 1.29 is 14.2 Å². The van der Waals surface area contributed by atoms with Gasteiger partial charge in [0.1, 0.15) is 5.01 Å². The molecule has 1 heterocycles. The van der Waals surface area contributed by atoms with E-state index in [0.717, 1.165) is 21.1 Å². The van der Waals surface area contributed by atoms with Crippen LogP contribution in [0.1, 0.15) is 10.6 Å². The van der Waals surface area contributed by atoms with Crippen LogP contribution in [0.5, 0.6) is 11.5 Å². The molecule has 0 atom stereocenters. The highest BCUT2D eigenvalue weighted by atomic mass is 32.1. The van der Waals surface area contributed by atoms with Gasteiger partial charge in [-0.15, -0.1) is 11.3 Å². The minimum Gasteiger partial charge on any atom is -0.493 e. The van der Waals surface area contributed by atoms with Crippen LogP contribution >= 0.6 is 11.3 Å². The molecule has 0 aliphatic rings. The van der Waals surface area contributed by atoms with Gasteiger partial charge in [0.15, 0.2) is 11.5 Å². The number of nitriles is 1. The minimum absolute atomic E-state index is 0.322. The fourth-order valence-corrected chi connectivity index (χ4v) is 3.03. The molecule has 2 rings (SSSR count). The largest absolute Gasteiger partial charge is 0.493 e. The number of benzene rings is 1. The summed E-state index contributed by atoms with van der Waals surface area (Å²) in [6, 6.07) is 7.80. The number of hydrogen-bond acceptors (Lipinski definition) is 6. The third-order valence-electron chi connectivity index (χ3n) is 2.93. The summed E-state index contributed by atoms with van der Waals surface area (Å²) in [5, 5.41) is 9.71. The number of nitrogens with zero attached hydrogens (tertiary/aromatic N) is 2. The van der Waals surface area contributed by atoms with E-state index >= 15 is 0 Å². The lowest BCUT2D eigenvalue weighted by molar-refractivity contribution is 0.181. The highest BCUT2D eigenvalue weighted by molar-refractivity contribution is 7.15. The quantitative estimate of drug-likeness (QED) is 0.820. The average molecular weight is 304 g/mol. The molecule has 6 heteroatoms. The zero-order valence-corrected chi connectivity index (χ0v) is 13.0. The van der Waals surface area contributed by atoms with Crippen LogP contribution in [0.25, 0.3) is 10.6 Å². The molecular weight excluding hydrogens is 288 g/mol. The number of aromatic nitrogens is 1. The Morgan fingerprint density at radius 1 is 1.24 bits per heavy atom. The van der Waals surface area contributed by atoms with Gasteiger partial charge in [0, 0.05) is 12.0 Å². The van der Waals surface area contributed by atoms with Gasteiger partial charge in [0.25, 0.3) is 0 Å². The Balaban J connectivity index is 2.52. The zero-order chi connectivity index (χ0) is 15.2. The molecule has 110 valence electrons. The predicted molar refractivity (Wildman–Crippen MR) is 80.7 cm³/mol. The maximum Gasteiger partial charge on any atom is 0.170 e. The van der Waals surface area contributed by atoms with E-state index in [9.17, 15) is 0 Å². The van der Waals surface area contributed by atoms with Gasteiger partial charge in [-0.05, 0) is 12.1 Å². The van der Waals surface area contributed by atoms with Crippen molar-refractivity contribution in [1.29, 1.82) is 5.26 Å². The molecule has 0 radical (unpaired) electrons. The first-order valence-corrected chi connectivity index (χ1v) is 7.12. The Morgan fingerprint density at radius 3 is 2.67 bits per heavy atom. The van der Waals surface area contributed by atoms with E-state index in [1.165, 1.54) is 11.3 Å². The van der Waals surface area contributed by atoms with Crippen LogP contribution in [-0.4, -0.2) is 26.3 Å². The molecule has 0 N–H and O–H groups in total. The molecule has 21 heavy (non-hydrogen) atoms. The Hall–Kier alpha value is -2.10. The molecule has 0 aliphatic heterocycles. The van der Waals surface area contributed by atoms with Gasteiger partial charge in [0.05, 0.1) is 44.6 Å². The lowest BCUT2D eigenvalue weighted by atomic mass is 10.2. The SMILES string of the molecule is COCc1nc(-c2cccc(OC)c2OC)sc1CC#N. The summed E-state index contributed by atoms with van der Waals surface area (Å²) in [6.45, 7) is 0.389. The molecule has 5 nitrogen and oxygen atoms in total. The van der Waals surface area contributed by atoms with Crippen molar-refractivity contribution in [2.24, 2.45) is 0 Å². The third kappa shape index (κ3) is 3.15. The van der Waals surface area contributed by atoms with Gasteiger partial charge in [-0.1, -0.05) is 6.07 Å². The van der Waals surface area contributed by atoms with E-state index in [0.29, 0.717) is 24.5 Å². The lowest BCUT2D eigenvalue weighted by Crippen LogP contribution is -1.94. The smallest absolute Gasteiger partial charge is 0.170 e. The van der Waals surface area contributed by atoms with Crippen LogP contribution < -0.4 is 9.47 Å². The summed E-state index contributed by atoms with van der Waals surface area (Å²) < 4.78 is 15.9. The van der Waals surface area contributed by atoms with Crippen LogP contribution in [0.4, 0.5) is 0 Å². The van der Waals surface area contributed by atoms with Crippen LogP contribution in [0.2, 0.25) is 0 Å². The van der Waals surface area contributed by atoms with Gasteiger partial charge in [-0.2, -0.15) is 5.26 Å². The number of methoxy groups -OCH3 is 3. The average Bonchev–Trinajstić information content (AvgIpc) is 2.90. The van der Waals surface area contributed by atoms with Crippen molar-refractivity contribution in [2.45, 2.75) is 13.0 Å². The van der Waals surface area contributed by atoms with Crippen molar-refractivity contribution in [1.82, 2.24) is 4.98 Å². The Bertz CT molecular complexity index is 661. The summed E-state index contributed by atoms with van der Waals surface area (Å²) in [6.07, 6.45) is 0.322. The van der Waals surface area contributed by atoms with Crippen molar-refractivity contribution in [3.05, 3.63) is 28.8 Å². The number of para-hydroxylation sites is 1. The Morgan fingerprint density at radius 2 is 2.05 bits per heavy atom. The second kappa shape index (κ2) is 7.07. The molecule has 0 saturated carbocycles. The topological polar surface area (TPSA) is 64.4 Å². The lowest BCUT2D eigenvalue weighted by Gasteiger charge is -2.10. The third-order valence-corrected chi connectivity index (χ3v) is 4.06. The molecule has 0 bridgehead atoms. The maximum absolute atomic E-state index is 8.92. The molecule has 0 unspecified atom stereocenters. The van der Waals surface area contributed by atoms with Crippen LogP contribution in [-0.2, 0) is 17.8 Å². The molecule has 0 fully saturated rings. The summed E-state index contributed by atoms with van der Waals surface area (Å²) in [4.78, 5) is 5.50. The summed E-state index contributed by atoms with van der Waals surface area (Å²) in [5.41, 5.74) is 1.65. The van der Waals surface area contributed by atoms with E-state index in [2.05, 4.69) is 11.1 Å². The second-order valence-electron chi connectivity index (χ2n) is 4.20. The first-order valence-electron chi connectivity index (χ1n) is 6.31. The number of thiazole rings is 1. The Labute approximate surface area is 127 Å². The molecule has 0 aliphatic carbocycles. The van der Waals surface area contributed by atoms with Crippen molar-refractivity contribution in [2.75, 3.05) is 21.3 Å². The van der Waals surface area contributed by atoms with Crippen LogP contribution in [0, 0.1) is 11.3 Å². The maximum atomic E-state index is 8.92. The first kappa shape index (κ1) is 15.3. The molecule has 0 amide bonds. The fourth-order valence-electron chi connectivity index (χ4n) is 2.01. The van der Waals surface area contributed by atoms with Crippen molar-refractivity contribution in [3.63, 3.8) is 0 Å². The first-order chi connectivity index (χ1) is 10.2. The van der Waals surface area contributed by atoms with E-state index in [1.54, 1.807) is 21.3 Å². The molecule has 1 aromatic carbocycles. The highest BCUT2D eigenvalue weighted by Gasteiger charge is 2.17. The molecule has 0 spiro atoms. The van der Waals surface area contributed by atoms with E-state index < -0.39 is 0 Å². The summed E-state index contributed by atoms with van der Waals surface area (Å²) >= 11 is 1.48. The number of ether oxygens (including phenoxy) is 3. The van der Waals surface area contributed by atoms with Crippen molar-refractivity contribution >= 4 is 11.3 Å². The normalized spacial score (nSPS) is 10.2. The number of hydrogen-bond donors (Lipinski definition) is 0. The predicted octanol–water partition coefficient (Wildman–Crippen LogP) is 3.04. The van der Waals surface area contributed by atoms with E-state index in [4.69, 9.17) is 19.5 Å². The Kier molecular flexibility index (Phi) is 5.14. The fraction of sp³-hybridized carbons (Fsp3) is 0.333. The molecule has 2 aromatic rings. The number of rotatable bonds is 6. The van der Waals surface area contributed by atoms with Crippen molar-refractivity contribution in [3.8, 4) is 28.1 Å². The van der Waals surface area contributed by atoms with Gasteiger partial charge < -0.3 is 14.2 Å². The van der Waals surface area contributed by atoms with Crippen LogP contribution in [0.3, 0.4) is 0 Å². The van der Waals surface area contributed by atoms with Crippen LogP contribution in [0.15, 0.2) is 18.2 Å². The molecular formula is C15H16N2O3S. The summed E-state index contributed by atoms with van der Waals surface area (Å²) in [7, 11) is 4.81. The molecule has 0 saturated heterocycles. The van der Waals surface area contributed by atoms with E-state index in [1.807, 2.05) is 18.2 Å². The monoisotopic (exact) mass is 304 g/mol. The standard InChI is InChI=1S/C15H16N2O3S/c1-18-9-11-13(7-8-16)21-15(17-11)10-5-4-6-12(19-2)14(10)20-3/h4-6H,7,9H2,1-3H3. The minimum atomic E-state index is 0.322. The van der Waals surface area contributed by atoms with Gasteiger partial charge in [-0.3, -0.25) is 0 Å². The second-order valence-corrected chi connectivity index (χ2v) is 5.28.